The van der Waals surface area contributed by atoms with Gasteiger partial charge in [-0.25, -0.2) is 0 Å². The zero-order valence-electron chi connectivity index (χ0n) is 21.5. The fraction of sp³-hybridized carbons (Fsp3) is 0.241. The highest BCUT2D eigenvalue weighted by molar-refractivity contribution is 6.31. The van der Waals surface area contributed by atoms with E-state index in [1.807, 2.05) is 54.3 Å². The summed E-state index contributed by atoms with van der Waals surface area (Å²) in [7, 11) is 4.78. The maximum Gasteiger partial charge on any atom is 0.273 e. The summed E-state index contributed by atoms with van der Waals surface area (Å²) in [6.07, 6.45) is 0.633. The molecule has 0 bridgehead atoms. The van der Waals surface area contributed by atoms with Gasteiger partial charge in [0.25, 0.3) is 5.91 Å². The van der Waals surface area contributed by atoms with Gasteiger partial charge in [0.2, 0.25) is 0 Å². The first-order chi connectivity index (χ1) is 18.4. The summed E-state index contributed by atoms with van der Waals surface area (Å²) in [4.78, 5) is 15.5. The number of aromatic nitrogens is 2. The number of carbonyl (C=O) groups is 1. The van der Waals surface area contributed by atoms with E-state index in [0.29, 0.717) is 52.0 Å². The molecule has 1 aliphatic rings. The number of hydrogen-bond acceptors (Lipinski definition) is 6. The topological polar surface area (TPSA) is 96.9 Å². The van der Waals surface area contributed by atoms with Gasteiger partial charge in [0.1, 0.15) is 22.9 Å². The van der Waals surface area contributed by atoms with Crippen LogP contribution in [-0.2, 0) is 6.42 Å². The first-order valence-electron chi connectivity index (χ1n) is 12.1. The van der Waals surface area contributed by atoms with Crippen LogP contribution in [0.5, 0.6) is 23.0 Å². The molecule has 8 nitrogen and oxygen atoms in total. The van der Waals surface area contributed by atoms with Crippen molar-refractivity contribution in [3.8, 4) is 34.3 Å². The van der Waals surface area contributed by atoms with Crippen molar-refractivity contribution in [1.29, 1.82) is 0 Å². The van der Waals surface area contributed by atoms with Crippen molar-refractivity contribution >= 4 is 17.5 Å². The molecule has 196 valence electrons. The lowest BCUT2D eigenvalue weighted by Gasteiger charge is -2.27. The summed E-state index contributed by atoms with van der Waals surface area (Å²) in [6, 6.07) is 16.2. The van der Waals surface area contributed by atoms with Gasteiger partial charge in [0.05, 0.1) is 27.4 Å². The molecule has 0 spiro atoms. The molecule has 2 N–H and O–H groups in total. The molecule has 1 aliphatic heterocycles. The number of phenolic OH excluding ortho intramolecular Hbond substituents is 1. The Kier molecular flexibility index (Phi) is 6.91. The minimum absolute atomic E-state index is 0.0383. The number of nitrogens with one attached hydrogen (secondary N) is 1. The zero-order valence-corrected chi connectivity index (χ0v) is 22.3. The molecular formula is C29H28ClN3O5. The van der Waals surface area contributed by atoms with E-state index in [1.165, 1.54) is 0 Å². The van der Waals surface area contributed by atoms with Crippen molar-refractivity contribution in [2.75, 3.05) is 27.9 Å². The molecule has 1 amide bonds. The van der Waals surface area contributed by atoms with Crippen molar-refractivity contribution in [2.45, 2.75) is 19.4 Å². The number of H-pyrrole nitrogens is 1. The maximum atomic E-state index is 13.7. The highest BCUT2D eigenvalue weighted by atomic mass is 35.5. The Morgan fingerprint density at radius 1 is 1.00 bits per heavy atom. The summed E-state index contributed by atoms with van der Waals surface area (Å²) in [5.41, 5.74) is 4.62. The second-order valence-electron chi connectivity index (χ2n) is 9.09. The maximum absolute atomic E-state index is 13.7. The molecule has 0 saturated heterocycles. The lowest BCUT2D eigenvalue weighted by Crippen LogP contribution is -2.31. The number of methoxy groups -OCH3 is 3. The third-order valence-corrected chi connectivity index (χ3v) is 7.33. The Balaban J connectivity index is 1.60. The van der Waals surface area contributed by atoms with Gasteiger partial charge in [-0.1, -0.05) is 29.8 Å². The van der Waals surface area contributed by atoms with Gasteiger partial charge < -0.3 is 24.2 Å². The van der Waals surface area contributed by atoms with E-state index in [1.54, 1.807) is 33.5 Å². The summed E-state index contributed by atoms with van der Waals surface area (Å²) >= 11 is 6.41. The average molecular weight is 534 g/mol. The van der Waals surface area contributed by atoms with Crippen LogP contribution < -0.4 is 14.2 Å². The van der Waals surface area contributed by atoms with Crippen LogP contribution >= 0.6 is 11.6 Å². The van der Waals surface area contributed by atoms with E-state index in [-0.39, 0.29) is 11.7 Å². The van der Waals surface area contributed by atoms with E-state index < -0.39 is 6.04 Å². The monoisotopic (exact) mass is 533 g/mol. The number of aromatic hydroxyl groups is 1. The highest BCUT2D eigenvalue weighted by Crippen LogP contribution is 2.46. The van der Waals surface area contributed by atoms with Crippen LogP contribution in [0, 0.1) is 6.92 Å². The predicted octanol–water partition coefficient (Wildman–Crippen LogP) is 5.56. The second kappa shape index (κ2) is 10.3. The molecule has 1 atom stereocenters. The number of aromatic amines is 1. The number of rotatable bonds is 8. The third kappa shape index (κ3) is 4.41. The number of aryl methyl sites for hydroxylation is 1. The molecule has 1 unspecified atom stereocenters. The predicted molar refractivity (Wildman–Crippen MR) is 145 cm³/mol. The number of fused-ring (bicyclic) bond motifs is 1. The van der Waals surface area contributed by atoms with Crippen molar-refractivity contribution in [1.82, 2.24) is 15.1 Å². The van der Waals surface area contributed by atoms with Crippen LogP contribution in [0.1, 0.15) is 38.8 Å². The van der Waals surface area contributed by atoms with E-state index in [2.05, 4.69) is 10.2 Å². The standard InChI is InChI=1S/C29H28ClN3O5/c1-16-13-22(34)20(15-21(16)30)26-25-27(32-31-26)29(35)33(12-11-17-5-8-19(36-2)9-6-17)28(25)18-7-10-23(37-3)24(14-18)38-4/h5-10,13-15,28,34H,11-12H2,1-4H3,(H,31,32). The minimum Gasteiger partial charge on any atom is -0.507 e. The molecule has 0 fully saturated rings. The zero-order chi connectivity index (χ0) is 27.0. The number of nitrogens with zero attached hydrogens (tertiary/aromatic N) is 2. The van der Waals surface area contributed by atoms with E-state index in [0.717, 1.165) is 22.4 Å². The highest BCUT2D eigenvalue weighted by Gasteiger charge is 2.42. The normalized spacial score (nSPS) is 14.5. The Labute approximate surface area is 225 Å². The van der Waals surface area contributed by atoms with Crippen molar-refractivity contribution < 1.29 is 24.1 Å². The first-order valence-corrected chi connectivity index (χ1v) is 12.5. The lowest BCUT2D eigenvalue weighted by molar-refractivity contribution is 0.0745. The fourth-order valence-electron chi connectivity index (χ4n) is 4.90. The van der Waals surface area contributed by atoms with Gasteiger partial charge in [-0.15, -0.1) is 0 Å². The van der Waals surface area contributed by atoms with Gasteiger partial charge in [-0.05, 0) is 66.4 Å². The second-order valence-corrected chi connectivity index (χ2v) is 9.50. The minimum atomic E-state index is -0.483. The van der Waals surface area contributed by atoms with Crippen LogP contribution in [0.3, 0.4) is 0 Å². The van der Waals surface area contributed by atoms with Crippen molar-refractivity contribution in [2.24, 2.45) is 0 Å². The number of halogens is 1. The molecule has 1 aromatic heterocycles. The first kappa shape index (κ1) is 25.5. The van der Waals surface area contributed by atoms with Crippen molar-refractivity contribution in [3.63, 3.8) is 0 Å². The Morgan fingerprint density at radius 2 is 1.74 bits per heavy atom. The molecule has 5 rings (SSSR count). The number of ether oxygens (including phenoxy) is 3. The van der Waals surface area contributed by atoms with Crippen LogP contribution in [0.15, 0.2) is 54.6 Å². The molecule has 3 aromatic carbocycles. The Morgan fingerprint density at radius 3 is 2.42 bits per heavy atom. The molecule has 0 radical (unpaired) electrons. The largest absolute Gasteiger partial charge is 0.507 e. The summed E-state index contributed by atoms with van der Waals surface area (Å²) in [5.74, 6) is 1.77. The van der Waals surface area contributed by atoms with Gasteiger partial charge in [-0.2, -0.15) is 5.10 Å². The number of benzene rings is 3. The molecule has 4 aromatic rings. The number of hydrogen-bond donors (Lipinski definition) is 2. The fourth-order valence-corrected chi connectivity index (χ4v) is 5.06. The van der Waals surface area contributed by atoms with Crippen LogP contribution in [-0.4, -0.2) is 54.0 Å². The van der Waals surface area contributed by atoms with Crippen LogP contribution in [0.25, 0.3) is 11.3 Å². The number of phenols is 1. The molecule has 2 heterocycles. The van der Waals surface area contributed by atoms with Crippen LogP contribution in [0.4, 0.5) is 0 Å². The summed E-state index contributed by atoms with van der Waals surface area (Å²) in [6.45, 7) is 2.27. The van der Waals surface area contributed by atoms with Crippen LogP contribution in [0.2, 0.25) is 5.02 Å². The van der Waals surface area contributed by atoms with Gasteiger partial charge in [0.15, 0.2) is 11.5 Å². The smallest absolute Gasteiger partial charge is 0.273 e. The third-order valence-electron chi connectivity index (χ3n) is 6.92. The van der Waals surface area contributed by atoms with Gasteiger partial charge in [-0.3, -0.25) is 9.89 Å². The van der Waals surface area contributed by atoms with E-state index >= 15 is 0 Å². The Hall–Kier alpha value is -4.17. The molecule has 9 heteroatoms. The number of amides is 1. The Bertz CT molecular complexity index is 1500. The molecular weight excluding hydrogens is 506 g/mol. The van der Waals surface area contributed by atoms with Gasteiger partial charge in [0, 0.05) is 22.7 Å². The van der Waals surface area contributed by atoms with Crippen molar-refractivity contribution in [3.05, 3.63) is 87.6 Å². The lowest BCUT2D eigenvalue weighted by atomic mass is 9.94. The molecule has 0 saturated carbocycles. The SMILES string of the molecule is COc1ccc(CCN2C(=O)c3[nH]nc(-c4cc(Cl)c(C)cc4O)c3C2c2ccc(OC)c(OC)c2)cc1. The van der Waals surface area contributed by atoms with E-state index in [9.17, 15) is 9.90 Å². The summed E-state index contributed by atoms with van der Waals surface area (Å²) in [5, 5.41) is 18.7. The average Bonchev–Trinajstić information content (AvgIpc) is 3.47. The molecule has 0 aliphatic carbocycles. The quantitative estimate of drug-likeness (QED) is 0.308. The summed E-state index contributed by atoms with van der Waals surface area (Å²) < 4.78 is 16.3. The van der Waals surface area contributed by atoms with Gasteiger partial charge >= 0.3 is 0 Å². The molecule has 38 heavy (non-hydrogen) atoms. The number of carbonyl (C=O) groups excluding carboxylic acids is 1. The van der Waals surface area contributed by atoms with E-state index in [4.69, 9.17) is 25.8 Å².